The van der Waals surface area contributed by atoms with Crippen molar-refractivity contribution in [3.63, 3.8) is 0 Å². The lowest BCUT2D eigenvalue weighted by molar-refractivity contribution is 0.0696. The first-order chi connectivity index (χ1) is 9.51. The summed E-state index contributed by atoms with van der Waals surface area (Å²) in [4.78, 5) is 11.0. The van der Waals surface area contributed by atoms with Gasteiger partial charge < -0.3 is 10.4 Å². The van der Waals surface area contributed by atoms with E-state index in [9.17, 15) is 4.79 Å². The van der Waals surface area contributed by atoms with Crippen LogP contribution in [0.5, 0.6) is 0 Å². The molecule has 0 radical (unpaired) electrons. The van der Waals surface area contributed by atoms with Gasteiger partial charge in [0.15, 0.2) is 0 Å². The van der Waals surface area contributed by atoms with Crippen LogP contribution in [0.3, 0.4) is 0 Å². The summed E-state index contributed by atoms with van der Waals surface area (Å²) in [5.74, 6) is -0.943. The molecule has 2 N–H and O–H groups in total. The van der Waals surface area contributed by atoms with Crippen LogP contribution in [0, 0.1) is 25.2 Å². The zero-order chi connectivity index (χ0) is 14.7. The molecule has 0 atom stereocenters. The fourth-order valence-corrected chi connectivity index (χ4v) is 2.00. The van der Waals surface area contributed by atoms with Gasteiger partial charge in [-0.15, -0.1) is 0 Å². The van der Waals surface area contributed by atoms with Gasteiger partial charge in [0.1, 0.15) is 6.07 Å². The summed E-state index contributed by atoms with van der Waals surface area (Å²) in [6.07, 6.45) is 0. The molecule has 0 heterocycles. The molecule has 0 aromatic heterocycles. The van der Waals surface area contributed by atoms with Crippen molar-refractivity contribution in [2.75, 3.05) is 5.32 Å². The Morgan fingerprint density at radius 2 is 1.95 bits per heavy atom. The number of hydrogen-bond acceptors (Lipinski definition) is 3. The molecule has 0 bridgehead atoms. The van der Waals surface area contributed by atoms with E-state index in [-0.39, 0.29) is 5.56 Å². The van der Waals surface area contributed by atoms with Gasteiger partial charge in [0.25, 0.3) is 0 Å². The molecular weight excluding hydrogens is 252 g/mol. The molecule has 0 spiro atoms. The van der Waals surface area contributed by atoms with E-state index >= 15 is 0 Å². The Labute approximate surface area is 117 Å². The van der Waals surface area contributed by atoms with Gasteiger partial charge in [0.05, 0.1) is 16.8 Å². The fourth-order valence-electron chi connectivity index (χ4n) is 2.00. The maximum atomic E-state index is 11.0. The summed E-state index contributed by atoms with van der Waals surface area (Å²) in [5, 5.41) is 21.3. The Hall–Kier alpha value is -2.80. The first-order valence-corrected chi connectivity index (χ1v) is 6.13. The number of carboxylic acids is 1. The number of carbonyl (C=O) groups is 1. The summed E-state index contributed by atoms with van der Waals surface area (Å²) in [7, 11) is 0. The van der Waals surface area contributed by atoms with Crippen LogP contribution in [0.1, 0.15) is 27.0 Å². The molecule has 100 valence electrons. The summed E-state index contributed by atoms with van der Waals surface area (Å²) < 4.78 is 0. The average molecular weight is 266 g/mol. The molecule has 0 aliphatic carbocycles. The first-order valence-electron chi connectivity index (χ1n) is 6.13. The number of nitriles is 1. The van der Waals surface area contributed by atoms with E-state index in [4.69, 9.17) is 10.4 Å². The number of anilines is 2. The normalized spacial score (nSPS) is 9.85. The van der Waals surface area contributed by atoms with Crippen LogP contribution in [0.2, 0.25) is 0 Å². The molecule has 4 heteroatoms. The molecule has 0 aliphatic heterocycles. The highest BCUT2D eigenvalue weighted by Crippen LogP contribution is 2.23. The van der Waals surface area contributed by atoms with Crippen LogP contribution >= 0.6 is 0 Å². The van der Waals surface area contributed by atoms with Crippen molar-refractivity contribution in [3.05, 3.63) is 58.7 Å². The van der Waals surface area contributed by atoms with E-state index in [0.29, 0.717) is 16.8 Å². The third kappa shape index (κ3) is 2.78. The predicted molar refractivity (Wildman–Crippen MR) is 77.3 cm³/mol. The van der Waals surface area contributed by atoms with Crippen molar-refractivity contribution >= 4 is 17.3 Å². The van der Waals surface area contributed by atoms with Crippen LogP contribution in [0.4, 0.5) is 11.4 Å². The van der Waals surface area contributed by atoms with E-state index in [1.165, 1.54) is 0 Å². The van der Waals surface area contributed by atoms with Crippen molar-refractivity contribution in [2.45, 2.75) is 13.8 Å². The minimum Gasteiger partial charge on any atom is -0.478 e. The van der Waals surface area contributed by atoms with Crippen LogP contribution < -0.4 is 5.32 Å². The Bertz CT molecular complexity index is 715. The smallest absolute Gasteiger partial charge is 0.335 e. The molecule has 0 aliphatic rings. The number of carboxylic acid groups (broad SMARTS) is 1. The van der Waals surface area contributed by atoms with Gasteiger partial charge in [0.2, 0.25) is 0 Å². The largest absolute Gasteiger partial charge is 0.478 e. The second-order valence-corrected chi connectivity index (χ2v) is 4.62. The maximum Gasteiger partial charge on any atom is 0.335 e. The van der Waals surface area contributed by atoms with Crippen LogP contribution in [0.25, 0.3) is 0 Å². The lowest BCUT2D eigenvalue weighted by Crippen LogP contribution is -2.01. The standard InChI is InChI=1S/C16H14N2O2/c1-10-3-6-15(12(7-10)9-17)18-13-4-5-14(16(19)20)11(2)8-13/h3-8,18H,1-2H3,(H,19,20). The number of hydrogen-bond donors (Lipinski definition) is 2. The van der Waals surface area contributed by atoms with Gasteiger partial charge in [-0.1, -0.05) is 6.07 Å². The zero-order valence-corrected chi connectivity index (χ0v) is 11.3. The average Bonchev–Trinajstić information content (AvgIpc) is 2.40. The van der Waals surface area contributed by atoms with Crippen molar-refractivity contribution in [1.82, 2.24) is 0 Å². The van der Waals surface area contributed by atoms with E-state index in [1.54, 1.807) is 31.2 Å². The van der Waals surface area contributed by atoms with Gasteiger partial charge in [-0.2, -0.15) is 5.26 Å². The van der Waals surface area contributed by atoms with Crippen molar-refractivity contribution in [2.24, 2.45) is 0 Å². The zero-order valence-electron chi connectivity index (χ0n) is 11.3. The number of nitrogens with zero attached hydrogens (tertiary/aromatic N) is 1. The lowest BCUT2D eigenvalue weighted by Gasteiger charge is -2.10. The minimum atomic E-state index is -0.943. The number of nitrogens with one attached hydrogen (secondary N) is 1. The molecule has 2 aromatic rings. The highest BCUT2D eigenvalue weighted by molar-refractivity contribution is 5.90. The second-order valence-electron chi connectivity index (χ2n) is 4.62. The highest BCUT2D eigenvalue weighted by Gasteiger charge is 2.08. The summed E-state index contributed by atoms with van der Waals surface area (Å²) in [5.41, 5.74) is 4.00. The fraction of sp³-hybridized carbons (Fsp3) is 0.125. The van der Waals surface area contributed by atoms with Crippen molar-refractivity contribution in [3.8, 4) is 6.07 Å². The van der Waals surface area contributed by atoms with E-state index < -0.39 is 5.97 Å². The van der Waals surface area contributed by atoms with Crippen LogP contribution in [0.15, 0.2) is 36.4 Å². The van der Waals surface area contributed by atoms with Gasteiger partial charge in [0, 0.05) is 5.69 Å². The van der Waals surface area contributed by atoms with Crippen molar-refractivity contribution < 1.29 is 9.90 Å². The minimum absolute atomic E-state index is 0.278. The number of aryl methyl sites for hydroxylation is 2. The van der Waals surface area contributed by atoms with E-state index in [0.717, 1.165) is 11.3 Å². The molecule has 4 nitrogen and oxygen atoms in total. The van der Waals surface area contributed by atoms with Gasteiger partial charge >= 0.3 is 5.97 Å². The molecule has 0 saturated heterocycles. The molecule has 0 unspecified atom stereocenters. The highest BCUT2D eigenvalue weighted by atomic mass is 16.4. The summed E-state index contributed by atoms with van der Waals surface area (Å²) in [6, 6.07) is 12.7. The Kier molecular flexibility index (Phi) is 3.72. The summed E-state index contributed by atoms with van der Waals surface area (Å²) >= 11 is 0. The molecule has 2 rings (SSSR count). The van der Waals surface area contributed by atoms with Crippen molar-refractivity contribution in [1.29, 1.82) is 5.26 Å². The topological polar surface area (TPSA) is 73.1 Å². The number of aromatic carboxylic acids is 1. The third-order valence-corrected chi connectivity index (χ3v) is 3.03. The second kappa shape index (κ2) is 5.45. The predicted octanol–water partition coefficient (Wildman–Crippen LogP) is 3.62. The third-order valence-electron chi connectivity index (χ3n) is 3.03. The van der Waals surface area contributed by atoms with Gasteiger partial charge in [-0.3, -0.25) is 0 Å². The van der Waals surface area contributed by atoms with Gasteiger partial charge in [-0.05, 0) is 55.3 Å². The maximum absolute atomic E-state index is 11.0. The number of rotatable bonds is 3. The van der Waals surface area contributed by atoms with Crippen LogP contribution in [-0.2, 0) is 0 Å². The van der Waals surface area contributed by atoms with Gasteiger partial charge in [-0.25, -0.2) is 4.79 Å². The SMILES string of the molecule is Cc1ccc(Nc2ccc(C(=O)O)c(C)c2)c(C#N)c1. The summed E-state index contributed by atoms with van der Waals surface area (Å²) in [6.45, 7) is 3.67. The molecule has 20 heavy (non-hydrogen) atoms. The number of benzene rings is 2. The quantitative estimate of drug-likeness (QED) is 0.889. The van der Waals surface area contributed by atoms with E-state index in [1.807, 2.05) is 19.1 Å². The Balaban J connectivity index is 2.34. The Morgan fingerprint density at radius 3 is 2.55 bits per heavy atom. The molecule has 0 fully saturated rings. The molecular formula is C16H14N2O2. The Morgan fingerprint density at radius 1 is 1.20 bits per heavy atom. The van der Waals surface area contributed by atoms with E-state index in [2.05, 4.69) is 11.4 Å². The lowest BCUT2D eigenvalue weighted by atomic mass is 10.1. The molecule has 2 aromatic carbocycles. The monoisotopic (exact) mass is 266 g/mol. The first kappa shape index (κ1) is 13.6. The molecule has 0 amide bonds. The molecule has 0 saturated carbocycles. The van der Waals surface area contributed by atoms with Crippen LogP contribution in [-0.4, -0.2) is 11.1 Å².